The van der Waals surface area contributed by atoms with Gasteiger partial charge in [-0.1, -0.05) is 24.3 Å². The summed E-state index contributed by atoms with van der Waals surface area (Å²) in [5, 5.41) is 14.3. The molecule has 5 nitrogen and oxygen atoms in total. The van der Waals surface area contributed by atoms with Crippen LogP contribution >= 0.6 is 0 Å². The maximum absolute atomic E-state index is 14.4. The van der Waals surface area contributed by atoms with E-state index in [0.29, 0.717) is 26.3 Å². The van der Waals surface area contributed by atoms with Crippen LogP contribution in [0.4, 0.5) is 8.78 Å². The second-order valence-electron chi connectivity index (χ2n) is 7.24. The lowest BCUT2D eigenvalue weighted by atomic mass is 10.0. The molecule has 1 fully saturated rings. The monoisotopic (exact) mass is 399 g/mol. The molecule has 2 aromatic carbocycles. The first-order chi connectivity index (χ1) is 14.1. The Labute approximate surface area is 168 Å². The molecule has 1 saturated heterocycles. The molecule has 29 heavy (non-hydrogen) atoms. The van der Waals surface area contributed by atoms with E-state index in [1.165, 1.54) is 16.8 Å². The van der Waals surface area contributed by atoms with E-state index in [-0.39, 0.29) is 18.3 Å². The van der Waals surface area contributed by atoms with Gasteiger partial charge in [-0.3, -0.25) is 4.90 Å². The molecule has 3 aromatic rings. The summed E-state index contributed by atoms with van der Waals surface area (Å²) in [7, 11) is 0. The van der Waals surface area contributed by atoms with Gasteiger partial charge in [0.05, 0.1) is 31.6 Å². The Morgan fingerprint density at radius 2 is 2.03 bits per heavy atom. The van der Waals surface area contributed by atoms with E-state index >= 15 is 0 Å². The molecule has 0 bridgehead atoms. The Hall–Kier alpha value is -2.61. The van der Waals surface area contributed by atoms with Crippen molar-refractivity contribution >= 4 is 0 Å². The first kappa shape index (κ1) is 19.7. The third kappa shape index (κ3) is 4.07. The summed E-state index contributed by atoms with van der Waals surface area (Å²) < 4.78 is 34.6. The number of morpholine rings is 1. The van der Waals surface area contributed by atoms with Gasteiger partial charge in [-0.25, -0.2) is 13.5 Å². The number of ether oxygens (including phenoxy) is 1. The molecule has 152 valence electrons. The molecule has 2 heterocycles. The molecule has 0 radical (unpaired) electrons. The maximum Gasteiger partial charge on any atom is 0.151 e. The Morgan fingerprint density at radius 1 is 1.21 bits per heavy atom. The van der Waals surface area contributed by atoms with Crippen molar-refractivity contribution in [3.63, 3.8) is 0 Å². The molecule has 0 saturated carbocycles. The van der Waals surface area contributed by atoms with Gasteiger partial charge in [0, 0.05) is 36.5 Å². The minimum atomic E-state index is -0.671. The number of hydrogen-bond donors (Lipinski definition) is 1. The van der Waals surface area contributed by atoms with Crippen molar-refractivity contribution in [1.29, 1.82) is 0 Å². The highest BCUT2D eigenvalue weighted by Gasteiger charge is 2.25. The first-order valence-electron chi connectivity index (χ1n) is 9.59. The van der Waals surface area contributed by atoms with Crippen molar-refractivity contribution in [2.45, 2.75) is 19.5 Å². The average molecular weight is 399 g/mol. The summed E-state index contributed by atoms with van der Waals surface area (Å²) in [5.74, 6) is -1.30. The smallest absolute Gasteiger partial charge is 0.151 e. The predicted molar refractivity (Wildman–Crippen MR) is 106 cm³/mol. The number of nitrogens with zero attached hydrogens (tertiary/aromatic N) is 3. The predicted octanol–water partition coefficient (Wildman–Crippen LogP) is 3.32. The molecule has 0 unspecified atom stereocenters. The van der Waals surface area contributed by atoms with E-state index in [4.69, 9.17) is 4.74 Å². The van der Waals surface area contributed by atoms with Crippen LogP contribution in [0.1, 0.15) is 11.1 Å². The lowest BCUT2D eigenvalue weighted by Gasteiger charge is -2.34. The summed E-state index contributed by atoms with van der Waals surface area (Å²) in [5.41, 5.74) is 3.85. The number of halogens is 2. The second kappa shape index (κ2) is 8.41. The Morgan fingerprint density at radius 3 is 2.79 bits per heavy atom. The van der Waals surface area contributed by atoms with Crippen molar-refractivity contribution in [1.82, 2.24) is 14.7 Å². The van der Waals surface area contributed by atoms with Gasteiger partial charge >= 0.3 is 0 Å². The standard InChI is InChI=1S/C22H23F2N3O2/c1-15-4-2-3-5-19(15)22-16(11-26-8-9-29-14-18(26)13-28)12-27(25-22)21-7-6-17(23)10-20(21)24/h2-7,10,12,18,28H,8-9,11,13-14H2,1H3/t18-/m1/s1. The highest BCUT2D eigenvalue weighted by atomic mass is 19.1. The number of aliphatic hydroxyl groups excluding tert-OH is 1. The third-order valence-electron chi connectivity index (χ3n) is 5.28. The van der Waals surface area contributed by atoms with E-state index in [9.17, 15) is 13.9 Å². The van der Waals surface area contributed by atoms with Gasteiger partial charge in [0.25, 0.3) is 0 Å². The van der Waals surface area contributed by atoms with Gasteiger partial charge < -0.3 is 9.84 Å². The van der Waals surface area contributed by atoms with E-state index in [0.717, 1.165) is 28.5 Å². The van der Waals surface area contributed by atoms with Crippen LogP contribution in [0.2, 0.25) is 0 Å². The molecule has 1 aromatic heterocycles. The van der Waals surface area contributed by atoms with Crippen LogP contribution in [0, 0.1) is 18.6 Å². The number of aromatic nitrogens is 2. The van der Waals surface area contributed by atoms with E-state index in [1.54, 1.807) is 6.20 Å². The Bertz CT molecular complexity index is 1010. The fraction of sp³-hybridized carbons (Fsp3) is 0.318. The highest BCUT2D eigenvalue weighted by Crippen LogP contribution is 2.29. The van der Waals surface area contributed by atoms with Crippen LogP contribution in [-0.4, -0.2) is 52.2 Å². The molecule has 1 aliphatic rings. The van der Waals surface area contributed by atoms with Gasteiger partial charge in [0.2, 0.25) is 0 Å². The maximum atomic E-state index is 14.4. The normalized spacial score (nSPS) is 17.6. The summed E-state index contributed by atoms with van der Waals surface area (Å²) in [6.45, 7) is 4.30. The van der Waals surface area contributed by atoms with Gasteiger partial charge in [0.1, 0.15) is 11.5 Å². The molecule has 1 N–H and O–H groups in total. The first-order valence-corrected chi connectivity index (χ1v) is 9.59. The van der Waals surface area contributed by atoms with Crippen molar-refractivity contribution in [2.75, 3.05) is 26.4 Å². The number of hydrogen-bond acceptors (Lipinski definition) is 4. The van der Waals surface area contributed by atoms with Crippen molar-refractivity contribution in [3.8, 4) is 16.9 Å². The number of benzene rings is 2. The molecular formula is C22H23F2N3O2. The fourth-order valence-corrected chi connectivity index (χ4v) is 3.67. The molecule has 4 rings (SSSR count). The van der Waals surface area contributed by atoms with Gasteiger partial charge in [-0.15, -0.1) is 0 Å². The van der Waals surface area contributed by atoms with E-state index in [1.807, 2.05) is 31.2 Å². The molecule has 1 atom stereocenters. The van der Waals surface area contributed by atoms with Gasteiger partial charge in [-0.05, 0) is 24.6 Å². The van der Waals surface area contributed by atoms with Crippen LogP contribution in [0.15, 0.2) is 48.7 Å². The topological polar surface area (TPSA) is 50.5 Å². The van der Waals surface area contributed by atoms with Crippen LogP contribution in [0.25, 0.3) is 16.9 Å². The molecule has 7 heteroatoms. The van der Waals surface area contributed by atoms with Crippen molar-refractivity contribution in [3.05, 3.63) is 71.4 Å². The molecular weight excluding hydrogens is 376 g/mol. The van der Waals surface area contributed by atoms with E-state index < -0.39 is 11.6 Å². The SMILES string of the molecule is Cc1ccccc1-c1nn(-c2ccc(F)cc2F)cc1CN1CCOC[C@H]1CO. The van der Waals surface area contributed by atoms with Gasteiger partial charge in [-0.2, -0.15) is 5.10 Å². The zero-order valence-corrected chi connectivity index (χ0v) is 16.2. The number of aryl methyl sites for hydroxylation is 1. The minimum Gasteiger partial charge on any atom is -0.395 e. The largest absolute Gasteiger partial charge is 0.395 e. The third-order valence-corrected chi connectivity index (χ3v) is 5.28. The van der Waals surface area contributed by atoms with Crippen LogP contribution in [-0.2, 0) is 11.3 Å². The average Bonchev–Trinajstić information content (AvgIpc) is 3.12. The van der Waals surface area contributed by atoms with Crippen LogP contribution < -0.4 is 0 Å². The number of rotatable bonds is 5. The summed E-state index contributed by atoms with van der Waals surface area (Å²) in [6, 6.07) is 11.2. The summed E-state index contributed by atoms with van der Waals surface area (Å²) in [4.78, 5) is 2.15. The number of aliphatic hydroxyl groups is 1. The second-order valence-corrected chi connectivity index (χ2v) is 7.24. The van der Waals surface area contributed by atoms with E-state index in [2.05, 4.69) is 10.00 Å². The van der Waals surface area contributed by atoms with Gasteiger partial charge in [0.15, 0.2) is 5.82 Å². The zero-order chi connectivity index (χ0) is 20.4. The van der Waals surface area contributed by atoms with Crippen molar-refractivity contribution < 1.29 is 18.6 Å². The molecule has 0 spiro atoms. The molecule has 0 aliphatic carbocycles. The quantitative estimate of drug-likeness (QED) is 0.715. The zero-order valence-electron chi connectivity index (χ0n) is 16.2. The fourth-order valence-electron chi connectivity index (χ4n) is 3.67. The van der Waals surface area contributed by atoms with Crippen molar-refractivity contribution in [2.24, 2.45) is 0 Å². The van der Waals surface area contributed by atoms with Crippen LogP contribution in [0.5, 0.6) is 0 Å². The Kier molecular flexibility index (Phi) is 5.71. The molecule has 1 aliphatic heterocycles. The molecule has 0 amide bonds. The Balaban J connectivity index is 1.78. The minimum absolute atomic E-state index is 0.000422. The van der Waals surface area contributed by atoms with Crippen LogP contribution in [0.3, 0.4) is 0 Å². The summed E-state index contributed by atoms with van der Waals surface area (Å²) >= 11 is 0. The lowest BCUT2D eigenvalue weighted by Crippen LogP contribution is -2.46. The highest BCUT2D eigenvalue weighted by molar-refractivity contribution is 5.67. The lowest BCUT2D eigenvalue weighted by molar-refractivity contribution is -0.0312. The summed E-state index contributed by atoms with van der Waals surface area (Å²) in [6.07, 6.45) is 1.78.